The monoisotopic (exact) mass is 651 g/mol. The first-order valence-electron chi connectivity index (χ1n) is 16.7. The SMILES string of the molecule is CN(C)C(=O)[C@H](CCCCN)NC(=O)C(Cc1ccccc1)CC(O)C(Cc1ccc2ccccc2c1)NC(=O)c1cccc(CN)c1. The number of nitrogens with zero attached hydrogens (tertiary/aromatic N) is 1. The van der Waals surface area contributed by atoms with Crippen LogP contribution in [-0.2, 0) is 29.0 Å². The van der Waals surface area contributed by atoms with Crippen LogP contribution in [0.25, 0.3) is 10.8 Å². The highest BCUT2D eigenvalue weighted by Gasteiger charge is 2.31. The maximum atomic E-state index is 14.0. The Morgan fingerprint density at radius 2 is 1.46 bits per heavy atom. The van der Waals surface area contributed by atoms with Crippen molar-refractivity contribution in [2.24, 2.45) is 17.4 Å². The summed E-state index contributed by atoms with van der Waals surface area (Å²) in [4.78, 5) is 42.1. The lowest BCUT2D eigenvalue weighted by Crippen LogP contribution is -2.50. The molecule has 0 radical (unpaired) electrons. The predicted octanol–water partition coefficient (Wildman–Crippen LogP) is 3.95. The molecule has 0 spiro atoms. The van der Waals surface area contributed by atoms with E-state index in [1.165, 1.54) is 4.90 Å². The van der Waals surface area contributed by atoms with Gasteiger partial charge < -0.3 is 32.1 Å². The van der Waals surface area contributed by atoms with Crippen LogP contribution in [0.2, 0.25) is 0 Å². The van der Waals surface area contributed by atoms with Crippen LogP contribution in [0, 0.1) is 5.92 Å². The molecular weight excluding hydrogens is 602 g/mol. The van der Waals surface area contributed by atoms with E-state index in [2.05, 4.69) is 16.7 Å². The Morgan fingerprint density at radius 3 is 2.17 bits per heavy atom. The number of nitrogens with two attached hydrogens (primary N) is 2. The first-order chi connectivity index (χ1) is 23.2. The van der Waals surface area contributed by atoms with E-state index >= 15 is 0 Å². The molecule has 0 fully saturated rings. The predicted molar refractivity (Wildman–Crippen MR) is 191 cm³/mol. The van der Waals surface area contributed by atoms with Crippen molar-refractivity contribution in [3.8, 4) is 0 Å². The number of carbonyl (C=O) groups excluding carboxylic acids is 3. The summed E-state index contributed by atoms with van der Waals surface area (Å²) in [6.45, 7) is 0.796. The standard InChI is InChI=1S/C39H49N5O4/c1-44(2)39(48)34(17-8-9-20-40)42-38(47)33(21-27-11-4-3-5-12-27)25-36(45)35(43-37(46)32-16-10-13-29(23-32)26-41)24-28-18-19-30-14-6-7-15-31(30)22-28/h3-7,10-16,18-19,22-23,33-36,45H,8-9,17,20-21,24-26,40-41H2,1-2H3,(H,42,47)(H,43,46)/t33?,34-,35?,36?/m0/s1. The van der Waals surface area contributed by atoms with Crippen molar-refractivity contribution < 1.29 is 19.5 Å². The van der Waals surface area contributed by atoms with Crippen LogP contribution in [0.15, 0.2) is 97.1 Å². The number of likely N-dealkylation sites (N-methyl/N-ethyl adjacent to an activating group) is 1. The Hall–Kier alpha value is -4.57. The number of carbonyl (C=O) groups is 3. The lowest BCUT2D eigenvalue weighted by molar-refractivity contribution is -0.136. The van der Waals surface area contributed by atoms with E-state index in [-0.39, 0.29) is 24.1 Å². The van der Waals surface area contributed by atoms with Crippen LogP contribution in [-0.4, -0.2) is 66.6 Å². The van der Waals surface area contributed by atoms with Gasteiger partial charge in [-0.1, -0.05) is 84.9 Å². The number of aliphatic hydroxyl groups is 1. The van der Waals surface area contributed by atoms with Crippen LogP contribution in [0.5, 0.6) is 0 Å². The molecule has 7 N–H and O–H groups in total. The Labute approximate surface area is 283 Å². The number of hydrogen-bond acceptors (Lipinski definition) is 6. The summed E-state index contributed by atoms with van der Waals surface area (Å²) in [5, 5.41) is 20.1. The molecule has 9 heteroatoms. The topological polar surface area (TPSA) is 151 Å². The molecule has 48 heavy (non-hydrogen) atoms. The molecule has 0 bridgehead atoms. The molecule has 4 rings (SSSR count). The normalized spacial score (nSPS) is 13.7. The largest absolute Gasteiger partial charge is 0.391 e. The molecule has 0 heterocycles. The van der Waals surface area contributed by atoms with E-state index in [1.54, 1.807) is 32.3 Å². The fraction of sp³-hybridized carbons (Fsp3) is 0.359. The molecular formula is C39H49N5O4. The zero-order valence-corrected chi connectivity index (χ0v) is 28.0. The highest BCUT2D eigenvalue weighted by molar-refractivity contribution is 5.94. The summed E-state index contributed by atoms with van der Waals surface area (Å²) in [7, 11) is 3.33. The molecule has 3 amide bonds. The molecule has 9 nitrogen and oxygen atoms in total. The van der Waals surface area contributed by atoms with Gasteiger partial charge in [0.25, 0.3) is 5.91 Å². The summed E-state index contributed by atoms with van der Waals surface area (Å²) in [5.41, 5.74) is 14.6. The van der Waals surface area contributed by atoms with Crippen LogP contribution in [0.3, 0.4) is 0 Å². The maximum absolute atomic E-state index is 14.0. The number of benzene rings is 4. The molecule has 0 saturated heterocycles. The van der Waals surface area contributed by atoms with Crippen LogP contribution < -0.4 is 22.1 Å². The summed E-state index contributed by atoms with van der Waals surface area (Å²) in [6, 6.07) is 29.4. The fourth-order valence-electron chi connectivity index (χ4n) is 5.98. The molecule has 254 valence electrons. The quantitative estimate of drug-likeness (QED) is 0.109. The summed E-state index contributed by atoms with van der Waals surface area (Å²) >= 11 is 0. The van der Waals surface area contributed by atoms with E-state index in [4.69, 9.17) is 11.5 Å². The number of nitrogens with one attached hydrogen (secondary N) is 2. The third kappa shape index (κ3) is 10.5. The summed E-state index contributed by atoms with van der Waals surface area (Å²) < 4.78 is 0. The smallest absolute Gasteiger partial charge is 0.251 e. The van der Waals surface area contributed by atoms with Gasteiger partial charge in [-0.05, 0) is 84.7 Å². The number of aliphatic hydroxyl groups excluding tert-OH is 1. The Bertz CT molecular complexity index is 1640. The highest BCUT2D eigenvalue weighted by Crippen LogP contribution is 2.22. The summed E-state index contributed by atoms with van der Waals surface area (Å²) in [6.07, 6.45) is 1.57. The van der Waals surface area contributed by atoms with Gasteiger partial charge in [0.05, 0.1) is 12.1 Å². The number of unbranched alkanes of at least 4 members (excludes halogenated alkanes) is 1. The van der Waals surface area contributed by atoms with Gasteiger partial charge in [0.2, 0.25) is 11.8 Å². The van der Waals surface area contributed by atoms with Gasteiger partial charge in [0.1, 0.15) is 6.04 Å². The van der Waals surface area contributed by atoms with Crippen LogP contribution in [0.1, 0.15) is 52.7 Å². The van der Waals surface area contributed by atoms with Gasteiger partial charge >= 0.3 is 0 Å². The second-order valence-electron chi connectivity index (χ2n) is 12.6. The number of amides is 3. The van der Waals surface area contributed by atoms with E-state index in [1.807, 2.05) is 72.8 Å². The second-order valence-corrected chi connectivity index (χ2v) is 12.6. The van der Waals surface area contributed by atoms with Crippen molar-refractivity contribution in [2.45, 2.75) is 63.3 Å². The molecule has 4 aromatic carbocycles. The van der Waals surface area contributed by atoms with Crippen molar-refractivity contribution >= 4 is 28.5 Å². The first kappa shape index (κ1) is 36.3. The number of rotatable bonds is 17. The highest BCUT2D eigenvalue weighted by atomic mass is 16.3. The van der Waals surface area contributed by atoms with Crippen molar-refractivity contribution in [3.63, 3.8) is 0 Å². The number of hydrogen-bond donors (Lipinski definition) is 5. The van der Waals surface area contributed by atoms with Gasteiger partial charge in [0, 0.05) is 32.1 Å². The van der Waals surface area contributed by atoms with Gasteiger partial charge in [-0.2, -0.15) is 0 Å². The van der Waals surface area contributed by atoms with Gasteiger partial charge in [-0.15, -0.1) is 0 Å². The average molecular weight is 652 g/mol. The zero-order valence-electron chi connectivity index (χ0n) is 28.0. The van der Waals surface area contributed by atoms with Gasteiger partial charge in [0.15, 0.2) is 0 Å². The molecule has 4 aromatic rings. The van der Waals surface area contributed by atoms with Crippen LogP contribution >= 0.6 is 0 Å². The Morgan fingerprint density at radius 1 is 0.750 bits per heavy atom. The summed E-state index contributed by atoms with van der Waals surface area (Å²) in [5.74, 6) is -1.53. The van der Waals surface area contributed by atoms with Crippen molar-refractivity contribution in [1.82, 2.24) is 15.5 Å². The number of fused-ring (bicyclic) bond motifs is 1. The van der Waals surface area contributed by atoms with Crippen LogP contribution in [0.4, 0.5) is 0 Å². The van der Waals surface area contributed by atoms with Gasteiger partial charge in [-0.25, -0.2) is 0 Å². The third-order valence-electron chi connectivity index (χ3n) is 8.70. The molecule has 4 atom stereocenters. The Balaban J connectivity index is 1.62. The molecule has 0 aliphatic heterocycles. The third-order valence-corrected chi connectivity index (χ3v) is 8.70. The Kier molecular flexibility index (Phi) is 13.7. The van der Waals surface area contributed by atoms with Crippen molar-refractivity contribution in [1.29, 1.82) is 0 Å². The molecule has 0 aromatic heterocycles. The molecule has 3 unspecified atom stereocenters. The van der Waals surface area contributed by atoms with E-state index in [0.29, 0.717) is 44.3 Å². The fourth-order valence-corrected chi connectivity index (χ4v) is 5.98. The zero-order chi connectivity index (χ0) is 34.5. The maximum Gasteiger partial charge on any atom is 0.251 e. The van der Waals surface area contributed by atoms with Gasteiger partial charge in [-0.3, -0.25) is 14.4 Å². The van der Waals surface area contributed by atoms with E-state index < -0.39 is 24.1 Å². The molecule has 0 aliphatic rings. The molecule has 0 saturated carbocycles. The van der Waals surface area contributed by atoms with E-state index in [9.17, 15) is 19.5 Å². The second kappa shape index (κ2) is 18.1. The lowest BCUT2D eigenvalue weighted by atomic mass is 9.88. The van der Waals surface area contributed by atoms with Crippen molar-refractivity contribution in [3.05, 3.63) is 119 Å². The minimum atomic E-state index is -1.09. The lowest BCUT2D eigenvalue weighted by Gasteiger charge is -2.29. The minimum Gasteiger partial charge on any atom is -0.391 e. The minimum absolute atomic E-state index is 0.0633. The van der Waals surface area contributed by atoms with E-state index in [0.717, 1.165) is 33.9 Å². The van der Waals surface area contributed by atoms with Crippen molar-refractivity contribution in [2.75, 3.05) is 20.6 Å². The first-order valence-corrected chi connectivity index (χ1v) is 16.7. The molecule has 0 aliphatic carbocycles. The average Bonchev–Trinajstić information content (AvgIpc) is 3.10.